The van der Waals surface area contributed by atoms with Gasteiger partial charge >= 0.3 is 37.9 Å². The van der Waals surface area contributed by atoms with Crippen molar-refractivity contribution in [3.8, 4) is 11.5 Å². The van der Waals surface area contributed by atoms with Gasteiger partial charge in [-0.15, -0.1) is 0 Å². The summed E-state index contributed by atoms with van der Waals surface area (Å²) in [5.74, 6) is 2.95. The van der Waals surface area contributed by atoms with Gasteiger partial charge in [0.15, 0.2) is 0 Å². The maximum atomic E-state index is 11.0. The van der Waals surface area contributed by atoms with Gasteiger partial charge in [-0.05, 0) is 48.4 Å². The molecule has 1 aromatic rings. The van der Waals surface area contributed by atoms with Crippen molar-refractivity contribution in [3.63, 3.8) is 0 Å². The quantitative estimate of drug-likeness (QED) is 0.348. The molecule has 3 unspecified atom stereocenters. The van der Waals surface area contributed by atoms with E-state index in [9.17, 15) is 5.11 Å². The summed E-state index contributed by atoms with van der Waals surface area (Å²) in [6.07, 6.45) is 7.24. The van der Waals surface area contributed by atoms with Crippen LogP contribution in [0.5, 0.6) is 11.5 Å². The van der Waals surface area contributed by atoms with Gasteiger partial charge in [0.05, 0.1) is 21.2 Å². The third-order valence-corrected chi connectivity index (χ3v) is 12.6. The number of fused-ring (bicyclic) bond motifs is 2. The Hall–Kier alpha value is 0.170. The number of rotatable bonds is 7. The molecular weight excluding hydrogens is 488 g/mol. The molecule has 0 spiro atoms. The number of halogens is 2. The average Bonchev–Trinajstić information content (AvgIpc) is 3.33. The van der Waals surface area contributed by atoms with Gasteiger partial charge in [-0.25, -0.2) is 0 Å². The third kappa shape index (κ3) is 5.45. The molecule has 1 N–H and O–H groups in total. The van der Waals surface area contributed by atoms with Crippen molar-refractivity contribution >= 4 is 36.5 Å². The number of methoxy groups -OCH3 is 1. The number of hydrogen-bond donors (Lipinski definition) is 1. The zero-order valence-electron chi connectivity index (χ0n) is 17.5. The fraction of sp³-hybridized carbons (Fsp3) is 0.667. The maximum absolute atomic E-state index is 11.0. The molecule has 2 aliphatic rings. The summed E-state index contributed by atoms with van der Waals surface area (Å²) in [7, 11) is 9.89. The van der Waals surface area contributed by atoms with Gasteiger partial charge in [0.2, 0.25) is 0 Å². The first-order chi connectivity index (χ1) is 13.5. The third-order valence-electron chi connectivity index (χ3n) is 7.06. The van der Waals surface area contributed by atoms with Crippen LogP contribution >= 0.6 is 17.0 Å². The van der Waals surface area contributed by atoms with E-state index in [2.05, 4.69) is 26.8 Å². The molecule has 0 aliphatic heterocycles. The molecule has 0 aromatic heterocycles. The van der Waals surface area contributed by atoms with Crippen LogP contribution in [0.25, 0.3) is 0 Å². The number of aromatic hydroxyl groups is 1. The second kappa shape index (κ2) is 11.5. The van der Waals surface area contributed by atoms with Crippen molar-refractivity contribution in [1.29, 1.82) is 0 Å². The van der Waals surface area contributed by atoms with Gasteiger partial charge in [-0.3, -0.25) is 4.99 Å². The summed E-state index contributed by atoms with van der Waals surface area (Å²) in [4.78, 5) is 4.89. The number of hydrogen-bond acceptors (Lipinski definition) is 3. The molecule has 3 nitrogen and oxygen atoms in total. The monoisotopic (exact) mass is 519 g/mol. The summed E-state index contributed by atoms with van der Waals surface area (Å²) in [5.41, 5.74) is 0.837. The van der Waals surface area contributed by atoms with Crippen molar-refractivity contribution in [2.24, 2.45) is 16.8 Å². The first-order valence-electron chi connectivity index (χ1n) is 10.4. The van der Waals surface area contributed by atoms with Gasteiger partial charge in [-0.2, -0.15) is 0 Å². The minimum atomic E-state index is -1.68. The molecule has 0 radical (unpaired) electrons. The van der Waals surface area contributed by atoms with Crippen LogP contribution in [0, 0.1) is 11.8 Å². The van der Waals surface area contributed by atoms with Crippen LogP contribution < -0.4 is 9.92 Å². The van der Waals surface area contributed by atoms with Crippen molar-refractivity contribution in [2.75, 3.05) is 7.11 Å². The van der Waals surface area contributed by atoms with Crippen molar-refractivity contribution < 1.29 is 30.7 Å². The van der Waals surface area contributed by atoms with Gasteiger partial charge in [0, 0.05) is 11.8 Å². The fourth-order valence-corrected chi connectivity index (χ4v) is 8.88. The first-order valence-corrected chi connectivity index (χ1v) is 19.3. The summed E-state index contributed by atoms with van der Waals surface area (Å²) >= 11 is -0.826. The molecule has 28 heavy (non-hydrogen) atoms. The average molecular weight is 522 g/mol. The summed E-state index contributed by atoms with van der Waals surface area (Å²) < 4.78 is 5.55. The zero-order chi connectivity index (χ0) is 20.7. The normalized spacial score (nSPS) is 23.6. The number of nitrogens with zero attached hydrogens (tertiary/aromatic N) is 1. The summed E-state index contributed by atoms with van der Waals surface area (Å²) in [6, 6.07) is 7.90. The topological polar surface area (TPSA) is 41.8 Å². The van der Waals surface area contributed by atoms with E-state index in [0.717, 1.165) is 46.5 Å². The molecule has 2 fully saturated rings. The van der Waals surface area contributed by atoms with Crippen LogP contribution in [-0.4, -0.2) is 32.5 Å². The number of aliphatic imine (C=N–C) groups is 1. The van der Waals surface area contributed by atoms with E-state index < -0.39 is 28.9 Å². The number of benzene rings is 1. The van der Waals surface area contributed by atoms with E-state index >= 15 is 0 Å². The second-order valence-corrected chi connectivity index (χ2v) is 17.0. The molecule has 2 saturated carbocycles. The molecule has 0 heterocycles. The van der Waals surface area contributed by atoms with E-state index in [0.29, 0.717) is 11.8 Å². The van der Waals surface area contributed by atoms with E-state index in [-0.39, 0.29) is 0 Å². The van der Waals surface area contributed by atoms with E-state index in [1.165, 1.54) is 25.7 Å². The minimum absolute atomic E-state index is 0.449. The molecule has 7 heteroatoms. The predicted molar refractivity (Wildman–Crippen MR) is 120 cm³/mol. The Bertz CT molecular complexity index is 662. The Morgan fingerprint density at radius 3 is 2.29 bits per heavy atom. The molecule has 2 aliphatic carbocycles. The molecule has 0 saturated heterocycles. The van der Waals surface area contributed by atoms with Gasteiger partial charge in [-0.1, -0.05) is 45.3 Å². The zero-order valence-corrected chi connectivity index (χ0v) is 22.4. The number of phenols is 1. The predicted octanol–water partition coefficient (Wildman–Crippen LogP) is 6.10. The first kappa shape index (κ1) is 24.4. The van der Waals surface area contributed by atoms with Crippen LogP contribution in [0.2, 0.25) is 18.1 Å². The molecule has 3 rings (SSSR count). The van der Waals surface area contributed by atoms with E-state index in [1.54, 1.807) is 7.11 Å². The van der Waals surface area contributed by atoms with Crippen molar-refractivity contribution in [1.82, 2.24) is 0 Å². The number of phenolic OH excluding ortho intramolecular Hbond substituents is 1. The van der Waals surface area contributed by atoms with Crippen molar-refractivity contribution in [2.45, 2.75) is 70.6 Å². The van der Waals surface area contributed by atoms with Gasteiger partial charge in [0.25, 0.3) is 0 Å². The Kier molecular flexibility index (Phi) is 10.1. The fourth-order valence-electron chi connectivity index (χ4n) is 5.14. The van der Waals surface area contributed by atoms with Gasteiger partial charge in [0.1, 0.15) is 11.5 Å². The summed E-state index contributed by atoms with van der Waals surface area (Å²) in [6.45, 7) is 6.80. The summed E-state index contributed by atoms with van der Waals surface area (Å²) in [5, 5.41) is 12.2. The molecule has 0 amide bonds. The molecule has 1 aromatic carbocycles. The molecule has 3 atom stereocenters. The second-order valence-electron chi connectivity index (χ2n) is 8.05. The SMILES string of the molecule is CC[Si](CC)(CC)c1cc(OC)cc(C=NC2CC3CCC2C3)c1O.[Cl][Zr][Cl]. The van der Waals surface area contributed by atoms with E-state index in [4.69, 9.17) is 26.8 Å². The van der Waals surface area contributed by atoms with Crippen LogP contribution in [-0.2, 0) is 20.8 Å². The van der Waals surface area contributed by atoms with Crippen LogP contribution in [0.3, 0.4) is 0 Å². The van der Waals surface area contributed by atoms with Crippen LogP contribution in [0.4, 0.5) is 0 Å². The molecule has 2 bridgehead atoms. The van der Waals surface area contributed by atoms with Gasteiger partial charge < -0.3 is 9.84 Å². The molecular formula is C21H33Cl2NO2SiZr. The standard InChI is InChI=1S/C21H33NO2Si.2ClH.Zr/c1-5-25(6-2,7-3)20-13-18(24-4)12-17(21(20)23)14-22-19-11-15-8-9-16(19)10-15;;;/h12-16,19,23H,5-11H2,1-4H3;2*1H;/q;;;+2/p-2. The Labute approximate surface area is 189 Å². The van der Waals surface area contributed by atoms with Crippen LogP contribution in [0.15, 0.2) is 17.1 Å². The Morgan fingerprint density at radius 1 is 1.18 bits per heavy atom. The number of ether oxygens (including phenoxy) is 1. The Morgan fingerprint density at radius 2 is 1.82 bits per heavy atom. The molecule has 156 valence electrons. The Balaban J connectivity index is 0.000000878. The van der Waals surface area contributed by atoms with E-state index in [1.807, 2.05) is 12.3 Å². The van der Waals surface area contributed by atoms with Crippen LogP contribution in [0.1, 0.15) is 52.0 Å². The van der Waals surface area contributed by atoms with Crippen molar-refractivity contribution in [3.05, 3.63) is 17.7 Å².